The molecule has 0 radical (unpaired) electrons. The summed E-state index contributed by atoms with van der Waals surface area (Å²) in [6.45, 7) is 1.62. The molecule has 8 nitrogen and oxygen atoms in total. The van der Waals surface area contributed by atoms with Crippen LogP contribution in [-0.4, -0.2) is 46.9 Å². The molecule has 0 aromatic heterocycles. The van der Waals surface area contributed by atoms with E-state index in [-0.39, 0.29) is 25.3 Å². The molecule has 1 saturated carbocycles. The number of benzene rings is 1. The van der Waals surface area contributed by atoms with E-state index in [0.717, 1.165) is 12.8 Å². The van der Waals surface area contributed by atoms with E-state index in [2.05, 4.69) is 10.6 Å². The second kappa shape index (κ2) is 8.82. The molecule has 0 bridgehead atoms. The molecule has 2 aliphatic rings. The zero-order valence-electron chi connectivity index (χ0n) is 16.2. The van der Waals surface area contributed by atoms with Crippen LogP contribution in [0, 0.1) is 0 Å². The van der Waals surface area contributed by atoms with Crippen LogP contribution in [0.15, 0.2) is 24.3 Å². The number of hydrogen-bond acceptors (Lipinski definition) is 5. The first-order valence-electron chi connectivity index (χ1n) is 9.71. The number of urea groups is 1. The summed E-state index contributed by atoms with van der Waals surface area (Å²) in [5, 5.41) is 5.98. The highest BCUT2D eigenvalue weighted by Gasteiger charge is 2.52. The van der Waals surface area contributed by atoms with Crippen molar-refractivity contribution in [3.05, 3.63) is 29.3 Å². The van der Waals surface area contributed by atoms with Crippen molar-refractivity contribution >= 4 is 41.1 Å². The predicted molar refractivity (Wildman–Crippen MR) is 106 cm³/mol. The van der Waals surface area contributed by atoms with Crippen LogP contribution >= 0.6 is 11.6 Å². The third kappa shape index (κ3) is 4.87. The van der Waals surface area contributed by atoms with Gasteiger partial charge in [0.25, 0.3) is 11.8 Å². The monoisotopic (exact) mass is 421 g/mol. The maximum absolute atomic E-state index is 12.5. The van der Waals surface area contributed by atoms with Gasteiger partial charge in [0, 0.05) is 23.7 Å². The molecule has 1 aromatic carbocycles. The molecule has 1 aromatic rings. The molecule has 29 heavy (non-hydrogen) atoms. The first kappa shape index (κ1) is 21.1. The van der Waals surface area contributed by atoms with Crippen molar-refractivity contribution in [2.75, 3.05) is 11.9 Å². The fourth-order valence-corrected chi connectivity index (χ4v) is 3.79. The third-order valence-corrected chi connectivity index (χ3v) is 5.51. The minimum Gasteiger partial charge on any atom is -0.453 e. The van der Waals surface area contributed by atoms with Gasteiger partial charge < -0.3 is 15.4 Å². The number of halogens is 1. The molecular formula is C20H24ClN3O5. The second-order valence-electron chi connectivity index (χ2n) is 7.41. The van der Waals surface area contributed by atoms with Crippen LogP contribution in [0.3, 0.4) is 0 Å². The molecule has 156 valence electrons. The van der Waals surface area contributed by atoms with Crippen molar-refractivity contribution in [3.8, 4) is 0 Å². The summed E-state index contributed by atoms with van der Waals surface area (Å²) in [4.78, 5) is 50.0. The van der Waals surface area contributed by atoms with Crippen LogP contribution in [0.5, 0.6) is 0 Å². The van der Waals surface area contributed by atoms with Gasteiger partial charge in [0.05, 0.1) is 0 Å². The minimum absolute atomic E-state index is 0.00260. The van der Waals surface area contributed by atoms with Gasteiger partial charge >= 0.3 is 12.0 Å². The second-order valence-corrected chi connectivity index (χ2v) is 7.84. The lowest BCUT2D eigenvalue weighted by atomic mass is 9.98. The molecule has 1 spiro atoms. The van der Waals surface area contributed by atoms with Crippen molar-refractivity contribution in [2.45, 2.75) is 57.1 Å². The van der Waals surface area contributed by atoms with Gasteiger partial charge in [-0.3, -0.25) is 19.3 Å². The Morgan fingerprint density at radius 3 is 2.55 bits per heavy atom. The number of carbonyl (C=O) groups is 4. The van der Waals surface area contributed by atoms with Crippen molar-refractivity contribution in [1.82, 2.24) is 10.2 Å². The van der Waals surface area contributed by atoms with Crippen LogP contribution in [0.2, 0.25) is 5.02 Å². The molecule has 4 amide bonds. The summed E-state index contributed by atoms with van der Waals surface area (Å²) >= 11 is 5.80. The quantitative estimate of drug-likeness (QED) is 0.520. The topological polar surface area (TPSA) is 105 Å². The third-order valence-electron chi connectivity index (χ3n) is 5.25. The summed E-state index contributed by atoms with van der Waals surface area (Å²) in [6, 6.07) is 6.16. The Morgan fingerprint density at radius 2 is 1.90 bits per heavy atom. The summed E-state index contributed by atoms with van der Waals surface area (Å²) in [5.74, 6) is -1.23. The SMILES string of the molecule is C[C@H](OC(=O)CCCN1C(=O)NC2(CCCC2)C1=O)C(=O)Nc1ccc(Cl)cc1. The summed E-state index contributed by atoms with van der Waals surface area (Å²) in [5.41, 5.74) is -0.201. The van der Waals surface area contributed by atoms with Gasteiger partial charge in [-0.05, 0) is 50.5 Å². The zero-order valence-corrected chi connectivity index (χ0v) is 17.0. The lowest BCUT2D eigenvalue weighted by molar-refractivity contribution is -0.153. The Morgan fingerprint density at radius 1 is 1.24 bits per heavy atom. The molecule has 1 atom stereocenters. The largest absolute Gasteiger partial charge is 0.453 e. The smallest absolute Gasteiger partial charge is 0.325 e. The normalized spacial score (nSPS) is 18.6. The predicted octanol–water partition coefficient (Wildman–Crippen LogP) is 2.86. The standard InChI is InChI=1S/C20H24ClN3O5/c1-13(17(26)22-15-8-6-14(21)7-9-15)29-16(25)5-4-12-24-18(27)20(23-19(24)28)10-2-3-11-20/h6-9,13H,2-5,10-12H2,1H3,(H,22,26)(H,23,28)/t13-/m0/s1. The Bertz CT molecular complexity index is 805. The highest BCUT2D eigenvalue weighted by molar-refractivity contribution is 6.30. The Labute approximate surface area is 173 Å². The van der Waals surface area contributed by atoms with Gasteiger partial charge in [-0.2, -0.15) is 0 Å². The molecular weight excluding hydrogens is 398 g/mol. The number of hydrogen-bond donors (Lipinski definition) is 2. The van der Waals surface area contributed by atoms with Gasteiger partial charge in [-0.1, -0.05) is 24.4 Å². The average Bonchev–Trinajstić information content (AvgIpc) is 3.24. The summed E-state index contributed by atoms with van der Waals surface area (Å²) < 4.78 is 5.14. The fraction of sp³-hybridized carbons (Fsp3) is 0.500. The molecule has 1 saturated heterocycles. The van der Waals surface area contributed by atoms with E-state index in [9.17, 15) is 19.2 Å². The van der Waals surface area contributed by atoms with Crippen molar-refractivity contribution in [3.63, 3.8) is 0 Å². The van der Waals surface area contributed by atoms with Gasteiger partial charge in [0.15, 0.2) is 6.10 Å². The molecule has 0 unspecified atom stereocenters. The van der Waals surface area contributed by atoms with E-state index >= 15 is 0 Å². The number of anilines is 1. The summed E-state index contributed by atoms with van der Waals surface area (Å²) in [7, 11) is 0. The minimum atomic E-state index is -0.975. The maximum Gasteiger partial charge on any atom is 0.325 e. The van der Waals surface area contributed by atoms with Crippen molar-refractivity contribution in [1.29, 1.82) is 0 Å². The molecule has 2 N–H and O–H groups in total. The number of imide groups is 1. The molecule has 1 aliphatic carbocycles. The maximum atomic E-state index is 12.5. The zero-order chi connectivity index (χ0) is 21.0. The van der Waals surface area contributed by atoms with Crippen LogP contribution in [0.25, 0.3) is 0 Å². The van der Waals surface area contributed by atoms with Gasteiger partial charge in [0.1, 0.15) is 5.54 Å². The van der Waals surface area contributed by atoms with Crippen LogP contribution in [-0.2, 0) is 19.1 Å². The highest BCUT2D eigenvalue weighted by atomic mass is 35.5. The Balaban J connectivity index is 1.41. The lowest BCUT2D eigenvalue weighted by Gasteiger charge is -2.20. The summed E-state index contributed by atoms with van der Waals surface area (Å²) in [6.07, 6.45) is 2.47. The van der Waals surface area contributed by atoms with E-state index in [0.29, 0.717) is 23.6 Å². The lowest BCUT2D eigenvalue weighted by Crippen LogP contribution is -2.44. The number of amides is 4. The van der Waals surface area contributed by atoms with Crippen molar-refractivity contribution < 1.29 is 23.9 Å². The van der Waals surface area contributed by atoms with Crippen LogP contribution in [0.4, 0.5) is 10.5 Å². The van der Waals surface area contributed by atoms with Gasteiger partial charge in [0.2, 0.25) is 0 Å². The molecule has 1 heterocycles. The van der Waals surface area contributed by atoms with Gasteiger partial charge in [-0.25, -0.2) is 4.79 Å². The number of nitrogens with zero attached hydrogens (tertiary/aromatic N) is 1. The average molecular weight is 422 g/mol. The molecule has 1 aliphatic heterocycles. The highest BCUT2D eigenvalue weighted by Crippen LogP contribution is 2.35. The van der Waals surface area contributed by atoms with Gasteiger partial charge in [-0.15, -0.1) is 0 Å². The van der Waals surface area contributed by atoms with E-state index in [4.69, 9.17) is 16.3 Å². The number of ether oxygens (including phenoxy) is 1. The number of carbonyl (C=O) groups excluding carboxylic acids is 4. The van der Waals surface area contributed by atoms with E-state index in [1.165, 1.54) is 11.8 Å². The Hall–Kier alpha value is -2.61. The molecule has 3 rings (SSSR count). The molecule has 9 heteroatoms. The van der Waals surface area contributed by atoms with Crippen LogP contribution < -0.4 is 10.6 Å². The number of esters is 1. The first-order chi connectivity index (χ1) is 13.8. The number of nitrogens with one attached hydrogen (secondary N) is 2. The number of rotatable bonds is 7. The Kier molecular flexibility index (Phi) is 6.42. The van der Waals surface area contributed by atoms with Crippen LogP contribution in [0.1, 0.15) is 45.4 Å². The van der Waals surface area contributed by atoms with E-state index in [1.54, 1.807) is 24.3 Å². The fourth-order valence-electron chi connectivity index (χ4n) is 3.66. The first-order valence-corrected chi connectivity index (χ1v) is 10.1. The molecule has 2 fully saturated rings. The van der Waals surface area contributed by atoms with E-state index in [1.807, 2.05) is 0 Å². The van der Waals surface area contributed by atoms with E-state index < -0.39 is 29.6 Å². The van der Waals surface area contributed by atoms with Crippen molar-refractivity contribution in [2.24, 2.45) is 0 Å².